The highest BCUT2D eigenvalue weighted by Crippen LogP contribution is 2.34. The summed E-state index contributed by atoms with van der Waals surface area (Å²) in [5, 5.41) is -0.431. The van der Waals surface area contributed by atoms with Crippen LogP contribution in [0.5, 0.6) is 5.75 Å². The Morgan fingerprint density at radius 1 is 1.19 bits per heavy atom. The second kappa shape index (κ2) is 8.92. The van der Waals surface area contributed by atoms with Gasteiger partial charge in [0.05, 0.1) is 24.3 Å². The Balaban J connectivity index is 1.39. The lowest BCUT2D eigenvalue weighted by Gasteiger charge is -2.22. The number of rotatable bonds is 5. The summed E-state index contributed by atoms with van der Waals surface area (Å²) in [7, 11) is -1.76. The molecule has 2 fully saturated rings. The molecule has 2 aliphatic rings. The first kappa shape index (κ1) is 21.7. The van der Waals surface area contributed by atoms with Crippen LogP contribution in [-0.4, -0.2) is 72.0 Å². The van der Waals surface area contributed by atoms with Crippen molar-refractivity contribution < 1.29 is 17.9 Å². The van der Waals surface area contributed by atoms with E-state index in [4.69, 9.17) is 4.74 Å². The van der Waals surface area contributed by atoms with Crippen LogP contribution in [0.15, 0.2) is 36.7 Å². The number of likely N-dealkylation sites (tertiary alicyclic amines) is 1. The molecule has 2 atom stereocenters. The molecule has 0 saturated carbocycles. The van der Waals surface area contributed by atoms with E-state index < -0.39 is 15.3 Å². The summed E-state index contributed by atoms with van der Waals surface area (Å²) in [6.07, 6.45) is 4.83. The number of fused-ring (bicyclic) bond motifs is 1. The van der Waals surface area contributed by atoms with Crippen LogP contribution < -0.4 is 4.74 Å². The Labute approximate surface area is 183 Å². The predicted octanol–water partition coefficient (Wildman–Crippen LogP) is 1.90. The molecule has 31 heavy (non-hydrogen) atoms. The van der Waals surface area contributed by atoms with E-state index in [0.29, 0.717) is 51.1 Å². The van der Waals surface area contributed by atoms with E-state index in [1.165, 1.54) is 6.20 Å². The molecule has 2 aromatic rings. The number of aromatic nitrogens is 2. The van der Waals surface area contributed by atoms with Crippen molar-refractivity contribution in [2.45, 2.75) is 31.4 Å². The minimum atomic E-state index is -3.38. The Morgan fingerprint density at radius 3 is 2.74 bits per heavy atom. The number of methoxy groups -OCH3 is 1. The maximum Gasteiger partial charge on any atom is 0.274 e. The van der Waals surface area contributed by atoms with Crippen LogP contribution in [0.25, 0.3) is 0 Å². The van der Waals surface area contributed by atoms with Crippen LogP contribution in [0.4, 0.5) is 0 Å². The Bertz CT molecular complexity index is 1040. The van der Waals surface area contributed by atoms with E-state index in [-0.39, 0.29) is 11.8 Å². The summed E-state index contributed by atoms with van der Waals surface area (Å²) in [5.74, 6) is 0.631. The van der Waals surface area contributed by atoms with Crippen LogP contribution in [0.1, 0.15) is 34.6 Å². The van der Waals surface area contributed by atoms with Gasteiger partial charge in [0.1, 0.15) is 11.4 Å². The van der Waals surface area contributed by atoms with E-state index in [1.54, 1.807) is 22.5 Å². The zero-order chi connectivity index (χ0) is 22.0. The fourth-order valence-corrected chi connectivity index (χ4v) is 6.70. The van der Waals surface area contributed by atoms with Crippen molar-refractivity contribution in [3.05, 3.63) is 53.6 Å². The highest BCUT2D eigenvalue weighted by molar-refractivity contribution is 7.90. The quantitative estimate of drug-likeness (QED) is 0.699. The third-order valence-corrected chi connectivity index (χ3v) is 8.67. The van der Waals surface area contributed by atoms with Crippen molar-refractivity contribution in [3.8, 4) is 5.75 Å². The topological polar surface area (TPSA) is 92.7 Å². The van der Waals surface area contributed by atoms with Gasteiger partial charge in [-0.15, -0.1) is 0 Å². The minimum Gasteiger partial charge on any atom is -0.497 e. The average Bonchev–Trinajstić information content (AvgIpc) is 2.90. The molecule has 0 bridgehead atoms. The number of hydrogen-bond donors (Lipinski definition) is 0. The number of carbonyl (C=O) groups is 1. The summed E-state index contributed by atoms with van der Waals surface area (Å²) >= 11 is 0. The molecule has 1 aromatic heterocycles. The number of carbonyl (C=O) groups excluding carboxylic acids is 1. The average molecular weight is 445 g/mol. The van der Waals surface area contributed by atoms with Crippen LogP contribution in [0.2, 0.25) is 0 Å². The molecule has 3 heterocycles. The molecule has 9 heteroatoms. The van der Waals surface area contributed by atoms with Crippen molar-refractivity contribution in [1.82, 2.24) is 19.2 Å². The van der Waals surface area contributed by atoms with Gasteiger partial charge in [0, 0.05) is 32.4 Å². The van der Waals surface area contributed by atoms with Gasteiger partial charge in [-0.1, -0.05) is 12.1 Å². The first-order valence-electron chi connectivity index (χ1n) is 10.6. The Morgan fingerprint density at radius 2 is 2.00 bits per heavy atom. The van der Waals surface area contributed by atoms with Crippen molar-refractivity contribution >= 4 is 15.9 Å². The Hall–Kier alpha value is -2.52. The molecule has 2 aliphatic heterocycles. The van der Waals surface area contributed by atoms with Crippen LogP contribution >= 0.6 is 0 Å². The van der Waals surface area contributed by atoms with Gasteiger partial charge in [-0.05, 0) is 49.8 Å². The van der Waals surface area contributed by atoms with Crippen molar-refractivity contribution in [2.24, 2.45) is 5.92 Å². The van der Waals surface area contributed by atoms with Crippen LogP contribution in [0, 0.1) is 12.8 Å². The molecular formula is C22H28N4O4S. The fraction of sp³-hybridized carbons (Fsp3) is 0.500. The van der Waals surface area contributed by atoms with Gasteiger partial charge in [0.2, 0.25) is 10.0 Å². The summed E-state index contributed by atoms with van der Waals surface area (Å²) in [4.78, 5) is 22.8. The SMILES string of the molecule is COc1cccc(CCN2C[C@H]3CCN(C(=O)c4cnc(C)cn4)CC[C@H]3S2(=O)=O)c1. The van der Waals surface area contributed by atoms with Gasteiger partial charge in [-0.25, -0.2) is 17.7 Å². The molecule has 1 aromatic carbocycles. The number of amides is 1. The monoisotopic (exact) mass is 444 g/mol. The van der Waals surface area contributed by atoms with Gasteiger partial charge in [0.15, 0.2) is 0 Å². The molecule has 0 radical (unpaired) electrons. The smallest absolute Gasteiger partial charge is 0.274 e. The molecule has 1 amide bonds. The summed E-state index contributed by atoms with van der Waals surface area (Å²) in [6.45, 7) is 3.75. The molecule has 0 N–H and O–H groups in total. The van der Waals surface area contributed by atoms with Gasteiger partial charge in [0.25, 0.3) is 5.91 Å². The summed E-state index contributed by atoms with van der Waals surface area (Å²) < 4.78 is 33.3. The molecular weight excluding hydrogens is 416 g/mol. The first-order chi connectivity index (χ1) is 14.9. The maximum atomic E-state index is 13.2. The minimum absolute atomic E-state index is 0.0391. The van der Waals surface area contributed by atoms with E-state index in [2.05, 4.69) is 9.97 Å². The number of benzene rings is 1. The third kappa shape index (κ3) is 4.57. The fourth-order valence-electron chi connectivity index (χ4n) is 4.46. The summed E-state index contributed by atoms with van der Waals surface area (Å²) in [5.41, 5.74) is 2.11. The van der Waals surface area contributed by atoms with Gasteiger partial charge in [-0.2, -0.15) is 0 Å². The maximum absolute atomic E-state index is 13.2. The lowest BCUT2D eigenvalue weighted by Crippen LogP contribution is -2.35. The normalized spacial score (nSPS) is 23.2. The van der Waals surface area contributed by atoms with Crippen LogP contribution in [-0.2, 0) is 16.4 Å². The first-order valence-corrected chi connectivity index (χ1v) is 12.1. The lowest BCUT2D eigenvalue weighted by atomic mass is 10.0. The third-order valence-electron chi connectivity index (χ3n) is 6.23. The summed E-state index contributed by atoms with van der Waals surface area (Å²) in [6, 6.07) is 7.73. The molecule has 4 rings (SSSR count). The highest BCUT2D eigenvalue weighted by Gasteiger charge is 2.47. The number of sulfonamides is 1. The van der Waals surface area contributed by atoms with E-state index in [1.807, 2.05) is 31.2 Å². The molecule has 0 unspecified atom stereocenters. The Kier molecular flexibility index (Phi) is 6.24. The molecule has 0 spiro atoms. The zero-order valence-electron chi connectivity index (χ0n) is 17.9. The second-order valence-electron chi connectivity index (χ2n) is 8.22. The standard InChI is InChI=1S/C22H28N4O4S/c1-16-13-24-20(14-23-16)22(27)25-9-7-18-15-26(31(28,29)21(18)8-10-25)11-6-17-4-3-5-19(12-17)30-2/h3-5,12-14,18,21H,6-11,15H2,1-2H3/t18-,21-/m1/s1. The number of nitrogens with zero attached hydrogens (tertiary/aromatic N) is 4. The predicted molar refractivity (Wildman–Crippen MR) is 116 cm³/mol. The van der Waals surface area contributed by atoms with E-state index >= 15 is 0 Å². The van der Waals surface area contributed by atoms with Crippen LogP contribution in [0.3, 0.4) is 0 Å². The second-order valence-corrected chi connectivity index (χ2v) is 10.4. The van der Waals surface area contributed by atoms with Gasteiger partial charge < -0.3 is 9.64 Å². The molecule has 166 valence electrons. The molecule has 8 nitrogen and oxygen atoms in total. The molecule has 0 aliphatic carbocycles. The van der Waals surface area contributed by atoms with E-state index in [0.717, 1.165) is 17.0 Å². The highest BCUT2D eigenvalue weighted by atomic mass is 32.2. The molecule has 2 saturated heterocycles. The number of aryl methyl sites for hydroxylation is 1. The van der Waals surface area contributed by atoms with Crippen molar-refractivity contribution in [3.63, 3.8) is 0 Å². The lowest BCUT2D eigenvalue weighted by molar-refractivity contribution is 0.0752. The van der Waals surface area contributed by atoms with Crippen molar-refractivity contribution in [1.29, 1.82) is 0 Å². The number of ether oxygens (including phenoxy) is 1. The van der Waals surface area contributed by atoms with Gasteiger partial charge >= 0.3 is 0 Å². The number of hydrogen-bond acceptors (Lipinski definition) is 6. The van der Waals surface area contributed by atoms with Gasteiger partial charge in [-0.3, -0.25) is 9.78 Å². The van der Waals surface area contributed by atoms with Crippen molar-refractivity contribution in [2.75, 3.05) is 33.3 Å². The zero-order valence-corrected chi connectivity index (χ0v) is 18.7. The largest absolute Gasteiger partial charge is 0.497 e. The van der Waals surface area contributed by atoms with E-state index in [9.17, 15) is 13.2 Å².